The van der Waals surface area contributed by atoms with Gasteiger partial charge in [0, 0.05) is 18.8 Å². The van der Waals surface area contributed by atoms with Crippen molar-refractivity contribution in [2.75, 3.05) is 31.2 Å². The lowest BCUT2D eigenvalue weighted by Gasteiger charge is -2.38. The molecule has 2 saturated heterocycles. The van der Waals surface area contributed by atoms with E-state index in [9.17, 15) is 19.5 Å². The molecule has 1 aromatic carbocycles. The highest BCUT2D eigenvalue weighted by Gasteiger charge is 2.75. The highest BCUT2D eigenvalue weighted by molar-refractivity contribution is 6.06. The summed E-state index contributed by atoms with van der Waals surface area (Å²) >= 11 is 0. The predicted octanol–water partition coefficient (Wildman–Crippen LogP) is 2.45. The highest BCUT2D eigenvalue weighted by Crippen LogP contribution is 2.58. The van der Waals surface area contributed by atoms with Gasteiger partial charge in [-0.1, -0.05) is 49.4 Å². The van der Waals surface area contributed by atoms with Crippen molar-refractivity contribution < 1.29 is 29.0 Å². The molecule has 4 heterocycles. The van der Waals surface area contributed by atoms with Gasteiger partial charge in [0.25, 0.3) is 5.91 Å². The van der Waals surface area contributed by atoms with Gasteiger partial charge in [-0.15, -0.1) is 0 Å². The standard InChI is InChI=1S/C28H34N2O6/c1-4-27-12-6-5-7-17-35-26(34)21(27)20-24(32)30(15-16-31)23-25(33)29(14-9-13-28(20,23)36-27)22-18(2)10-8-11-19(22)3/h6,8-13,20-21,23,31H,4-5,7,14-17H2,1-3H3/b12-6-/t20-,21-,23?,27+,28-/m0/s1. The number of carbonyl (C=O) groups excluding carboxylic acids is 3. The van der Waals surface area contributed by atoms with Gasteiger partial charge in [-0.05, 0) is 44.2 Å². The van der Waals surface area contributed by atoms with E-state index in [-0.39, 0.29) is 31.6 Å². The van der Waals surface area contributed by atoms with E-state index in [0.29, 0.717) is 19.4 Å². The second kappa shape index (κ2) is 9.16. The molecule has 4 aliphatic rings. The zero-order valence-corrected chi connectivity index (χ0v) is 21.1. The number of amides is 2. The average molecular weight is 495 g/mol. The van der Waals surface area contributed by atoms with Gasteiger partial charge in [0.1, 0.15) is 23.2 Å². The Morgan fingerprint density at radius 2 is 1.81 bits per heavy atom. The number of aliphatic hydroxyl groups is 1. The van der Waals surface area contributed by atoms with E-state index in [0.717, 1.165) is 23.2 Å². The van der Waals surface area contributed by atoms with E-state index in [2.05, 4.69) is 0 Å². The van der Waals surface area contributed by atoms with Gasteiger partial charge >= 0.3 is 5.97 Å². The third-order valence-corrected chi connectivity index (χ3v) is 8.18. The van der Waals surface area contributed by atoms with Crippen LogP contribution >= 0.6 is 0 Å². The zero-order valence-electron chi connectivity index (χ0n) is 21.1. The van der Waals surface area contributed by atoms with E-state index >= 15 is 0 Å². The summed E-state index contributed by atoms with van der Waals surface area (Å²) in [5.41, 5.74) is 0.281. The fraction of sp³-hybridized carbons (Fsp3) is 0.536. The number of para-hydroxylation sites is 1. The predicted molar refractivity (Wildman–Crippen MR) is 133 cm³/mol. The number of allylic oxidation sites excluding steroid dienone is 1. The van der Waals surface area contributed by atoms with Gasteiger partial charge in [0.2, 0.25) is 5.91 Å². The molecule has 0 aromatic heterocycles. The molecule has 0 radical (unpaired) electrons. The Morgan fingerprint density at radius 1 is 1.06 bits per heavy atom. The molecule has 0 aliphatic carbocycles. The molecular weight excluding hydrogens is 460 g/mol. The fourth-order valence-electron chi connectivity index (χ4n) is 6.65. The molecule has 2 amide bonds. The minimum absolute atomic E-state index is 0.0258. The first-order valence-electron chi connectivity index (χ1n) is 12.8. The largest absolute Gasteiger partial charge is 0.465 e. The van der Waals surface area contributed by atoms with Crippen molar-refractivity contribution in [3.63, 3.8) is 0 Å². The summed E-state index contributed by atoms with van der Waals surface area (Å²) in [7, 11) is 0. The zero-order chi connectivity index (χ0) is 25.7. The number of hydrogen-bond donors (Lipinski definition) is 1. The Morgan fingerprint density at radius 3 is 2.50 bits per heavy atom. The number of cyclic esters (lactones) is 1. The summed E-state index contributed by atoms with van der Waals surface area (Å²) in [6.45, 7) is 6.09. The van der Waals surface area contributed by atoms with Crippen LogP contribution in [0.3, 0.4) is 0 Å². The second-order valence-corrected chi connectivity index (χ2v) is 10.2. The van der Waals surface area contributed by atoms with Crippen LogP contribution in [0.15, 0.2) is 42.5 Å². The highest BCUT2D eigenvalue weighted by atomic mass is 16.6. The second-order valence-electron chi connectivity index (χ2n) is 10.2. The first-order valence-corrected chi connectivity index (χ1v) is 12.8. The minimum atomic E-state index is -1.35. The molecule has 8 nitrogen and oxygen atoms in total. The van der Waals surface area contributed by atoms with Crippen molar-refractivity contribution in [3.8, 4) is 0 Å². The maximum Gasteiger partial charge on any atom is 0.313 e. The van der Waals surface area contributed by atoms with Crippen molar-refractivity contribution in [3.05, 3.63) is 53.6 Å². The summed E-state index contributed by atoms with van der Waals surface area (Å²) in [6, 6.07) is 4.85. The molecule has 5 atom stereocenters. The summed E-state index contributed by atoms with van der Waals surface area (Å²) in [6.07, 6.45) is 9.46. The van der Waals surface area contributed by atoms with Gasteiger partial charge in [0.05, 0.1) is 19.1 Å². The number of carbonyl (C=O) groups is 3. The van der Waals surface area contributed by atoms with Crippen molar-refractivity contribution in [2.24, 2.45) is 11.8 Å². The molecule has 2 fully saturated rings. The molecule has 1 N–H and O–H groups in total. The Bertz CT molecular complexity index is 1120. The van der Waals surface area contributed by atoms with Crippen LogP contribution < -0.4 is 4.90 Å². The van der Waals surface area contributed by atoms with Gasteiger partial charge in [0.15, 0.2) is 0 Å². The van der Waals surface area contributed by atoms with Crippen LogP contribution in [0.4, 0.5) is 5.69 Å². The molecule has 5 rings (SSSR count). The van der Waals surface area contributed by atoms with Crippen molar-refractivity contribution in [1.82, 2.24) is 4.90 Å². The molecule has 1 unspecified atom stereocenters. The number of likely N-dealkylation sites (tertiary alicyclic amines) is 1. The van der Waals surface area contributed by atoms with Crippen LogP contribution in [0.2, 0.25) is 0 Å². The lowest BCUT2D eigenvalue weighted by atomic mass is 9.73. The van der Waals surface area contributed by atoms with Crippen LogP contribution in [-0.2, 0) is 23.9 Å². The summed E-state index contributed by atoms with van der Waals surface area (Å²) in [5, 5.41) is 9.84. The number of anilines is 1. The third-order valence-electron chi connectivity index (χ3n) is 8.18. The van der Waals surface area contributed by atoms with Gasteiger partial charge in [-0.2, -0.15) is 0 Å². The quantitative estimate of drug-likeness (QED) is 0.510. The number of benzene rings is 1. The van der Waals surface area contributed by atoms with Gasteiger partial charge in [-0.25, -0.2) is 0 Å². The van der Waals surface area contributed by atoms with E-state index in [4.69, 9.17) is 9.47 Å². The maximum absolute atomic E-state index is 14.4. The molecule has 0 bridgehead atoms. The number of hydrogen-bond acceptors (Lipinski definition) is 6. The van der Waals surface area contributed by atoms with Crippen LogP contribution in [0, 0.1) is 25.7 Å². The molecule has 8 heteroatoms. The SMILES string of the molecule is CC[C@@]12/C=C\CCCOC(=O)[C@@H]1[C@H]1C(=O)N(CCO)C3C(=O)N(c4c(C)cccc4C)CC=C[C@@]31O2. The molecule has 36 heavy (non-hydrogen) atoms. The number of esters is 1. The summed E-state index contributed by atoms with van der Waals surface area (Å²) in [4.78, 5) is 44.9. The first kappa shape index (κ1) is 24.7. The molecule has 1 spiro atoms. The third kappa shape index (κ3) is 3.45. The monoisotopic (exact) mass is 494 g/mol. The number of rotatable bonds is 4. The normalized spacial score (nSPS) is 34.8. The Hall–Kier alpha value is -2.97. The van der Waals surface area contributed by atoms with E-state index in [1.165, 1.54) is 4.90 Å². The fourth-order valence-corrected chi connectivity index (χ4v) is 6.65. The number of aryl methyl sites for hydroxylation is 2. The smallest absolute Gasteiger partial charge is 0.313 e. The number of nitrogens with zero attached hydrogens (tertiary/aromatic N) is 2. The van der Waals surface area contributed by atoms with Crippen LogP contribution in [0.1, 0.15) is 37.3 Å². The Kier molecular flexibility index (Phi) is 6.29. The number of aliphatic hydroxyl groups excluding tert-OH is 1. The molecular formula is C28H34N2O6. The van der Waals surface area contributed by atoms with Crippen molar-refractivity contribution in [1.29, 1.82) is 0 Å². The first-order chi connectivity index (χ1) is 17.3. The van der Waals surface area contributed by atoms with Crippen molar-refractivity contribution in [2.45, 2.75) is 57.3 Å². The molecule has 4 aliphatic heterocycles. The average Bonchev–Trinajstić information content (AvgIpc) is 3.22. The van der Waals surface area contributed by atoms with Crippen LogP contribution in [0.5, 0.6) is 0 Å². The Labute approximate surface area is 211 Å². The van der Waals surface area contributed by atoms with E-state index in [1.807, 2.05) is 63.3 Å². The lowest BCUT2D eigenvalue weighted by Crippen LogP contribution is -2.56. The molecule has 192 valence electrons. The maximum atomic E-state index is 14.4. The van der Waals surface area contributed by atoms with Gasteiger partial charge < -0.3 is 24.4 Å². The number of fused-ring (bicyclic) bond motifs is 2. The van der Waals surface area contributed by atoms with E-state index in [1.54, 1.807) is 4.90 Å². The van der Waals surface area contributed by atoms with Crippen LogP contribution in [-0.4, -0.2) is 71.3 Å². The van der Waals surface area contributed by atoms with E-state index < -0.39 is 35.0 Å². The molecule has 0 saturated carbocycles. The summed E-state index contributed by atoms with van der Waals surface area (Å²) in [5.74, 6) is -2.93. The topological polar surface area (TPSA) is 96.4 Å². The summed E-state index contributed by atoms with van der Waals surface area (Å²) < 4.78 is 12.5. The number of β-amino-alcohol motifs (C(OH)–C–C–N with tert-alkyl or cyclic N) is 1. The number of ether oxygens (including phenoxy) is 2. The minimum Gasteiger partial charge on any atom is -0.465 e. The lowest BCUT2D eigenvalue weighted by molar-refractivity contribution is -0.159. The molecule has 1 aromatic rings. The van der Waals surface area contributed by atoms with Gasteiger partial charge in [-0.3, -0.25) is 14.4 Å². The van der Waals surface area contributed by atoms with Crippen molar-refractivity contribution >= 4 is 23.5 Å². The Balaban J connectivity index is 1.69. The van der Waals surface area contributed by atoms with Crippen LogP contribution in [0.25, 0.3) is 0 Å².